The summed E-state index contributed by atoms with van der Waals surface area (Å²) in [5, 5.41) is 3.84. The number of likely N-dealkylation sites (tertiary alicyclic amines) is 1. The number of carbonyl (C=O) groups excluding carboxylic acids is 1. The number of hydrogen-bond acceptors (Lipinski definition) is 4. The molecule has 1 aromatic heterocycles. The molecule has 2 heterocycles. The van der Waals surface area contributed by atoms with Gasteiger partial charge in [0.05, 0.1) is 10.2 Å². The van der Waals surface area contributed by atoms with E-state index in [9.17, 15) is 4.79 Å². The maximum Gasteiger partial charge on any atom is 0.244 e. The van der Waals surface area contributed by atoms with Crippen LogP contribution in [-0.4, -0.2) is 42.0 Å². The normalized spacial score (nSPS) is 16.5. The lowest BCUT2D eigenvalue weighted by atomic mass is 10.2. The first-order valence-electron chi connectivity index (χ1n) is 8.85. The van der Waals surface area contributed by atoms with Gasteiger partial charge in [-0.15, -0.1) is 11.3 Å². The molecule has 128 valence electrons. The van der Waals surface area contributed by atoms with Gasteiger partial charge < -0.3 is 10.2 Å². The SMILES string of the molecule is O=C(/C=C\c1nc2ccccc2s1)NCCCN1CCCCCC1. The second-order valence-electron chi connectivity index (χ2n) is 6.25. The Morgan fingerprint density at radius 3 is 2.79 bits per heavy atom. The van der Waals surface area contributed by atoms with Crippen LogP contribution in [0.1, 0.15) is 37.1 Å². The molecular formula is C19H25N3OS. The quantitative estimate of drug-likeness (QED) is 0.643. The van der Waals surface area contributed by atoms with Crippen LogP contribution in [0.15, 0.2) is 30.3 Å². The van der Waals surface area contributed by atoms with Gasteiger partial charge in [-0.3, -0.25) is 4.79 Å². The van der Waals surface area contributed by atoms with Gasteiger partial charge in [0.15, 0.2) is 0 Å². The van der Waals surface area contributed by atoms with E-state index < -0.39 is 0 Å². The van der Waals surface area contributed by atoms with Gasteiger partial charge in [-0.25, -0.2) is 4.98 Å². The van der Waals surface area contributed by atoms with E-state index in [-0.39, 0.29) is 5.91 Å². The van der Waals surface area contributed by atoms with Crippen molar-refractivity contribution in [3.05, 3.63) is 35.3 Å². The van der Waals surface area contributed by atoms with Crippen molar-refractivity contribution in [3.8, 4) is 0 Å². The summed E-state index contributed by atoms with van der Waals surface area (Å²) in [6, 6.07) is 8.02. The van der Waals surface area contributed by atoms with Crippen LogP contribution < -0.4 is 5.32 Å². The lowest BCUT2D eigenvalue weighted by Gasteiger charge is -2.19. The fourth-order valence-corrected chi connectivity index (χ4v) is 3.91. The third-order valence-corrected chi connectivity index (χ3v) is 5.34. The van der Waals surface area contributed by atoms with E-state index in [0.717, 1.165) is 34.7 Å². The van der Waals surface area contributed by atoms with Crippen molar-refractivity contribution in [2.24, 2.45) is 0 Å². The molecule has 1 aliphatic rings. The standard InChI is InChI=1S/C19H25N3OS/c23-18(20-12-7-15-22-13-5-1-2-6-14-22)10-11-19-21-16-8-3-4-9-17(16)24-19/h3-4,8-11H,1-2,5-7,12-15H2,(H,20,23)/b11-10-. The molecule has 1 aliphatic heterocycles. The molecule has 4 nitrogen and oxygen atoms in total. The fraction of sp³-hybridized carbons (Fsp3) is 0.474. The average molecular weight is 343 g/mol. The zero-order chi connectivity index (χ0) is 16.6. The lowest BCUT2D eigenvalue weighted by Crippen LogP contribution is -2.29. The van der Waals surface area contributed by atoms with Crippen LogP contribution in [0, 0.1) is 0 Å². The highest BCUT2D eigenvalue weighted by Gasteiger charge is 2.08. The molecule has 1 saturated heterocycles. The first-order chi connectivity index (χ1) is 11.8. The predicted molar refractivity (Wildman–Crippen MR) is 101 cm³/mol. The van der Waals surface area contributed by atoms with Gasteiger partial charge in [-0.1, -0.05) is 25.0 Å². The van der Waals surface area contributed by atoms with Crippen LogP contribution in [0.2, 0.25) is 0 Å². The summed E-state index contributed by atoms with van der Waals surface area (Å²) in [5.74, 6) is -0.0369. The smallest absolute Gasteiger partial charge is 0.244 e. The topological polar surface area (TPSA) is 45.2 Å². The van der Waals surface area contributed by atoms with Crippen LogP contribution in [0.4, 0.5) is 0 Å². The molecule has 1 N–H and O–H groups in total. The molecule has 0 aliphatic carbocycles. The van der Waals surface area contributed by atoms with Gasteiger partial charge in [0.25, 0.3) is 0 Å². The minimum Gasteiger partial charge on any atom is -0.353 e. The van der Waals surface area contributed by atoms with Crippen molar-refractivity contribution < 1.29 is 4.79 Å². The third-order valence-electron chi connectivity index (χ3n) is 4.34. The lowest BCUT2D eigenvalue weighted by molar-refractivity contribution is -0.116. The van der Waals surface area contributed by atoms with E-state index in [4.69, 9.17) is 0 Å². The minimum atomic E-state index is -0.0369. The average Bonchev–Trinajstić information content (AvgIpc) is 2.84. The van der Waals surface area contributed by atoms with E-state index in [1.165, 1.54) is 38.8 Å². The molecule has 0 radical (unpaired) electrons. The summed E-state index contributed by atoms with van der Waals surface area (Å²) in [6.45, 7) is 4.25. The summed E-state index contributed by atoms with van der Waals surface area (Å²) in [7, 11) is 0. The molecular weight excluding hydrogens is 318 g/mol. The summed E-state index contributed by atoms with van der Waals surface area (Å²) in [6.07, 6.45) is 9.77. The summed E-state index contributed by atoms with van der Waals surface area (Å²) >= 11 is 1.60. The second-order valence-corrected chi connectivity index (χ2v) is 7.32. The molecule has 0 atom stereocenters. The number of benzene rings is 1. The maximum absolute atomic E-state index is 11.9. The number of thiazole rings is 1. The Morgan fingerprint density at radius 2 is 2.00 bits per heavy atom. The summed E-state index contributed by atoms with van der Waals surface area (Å²) < 4.78 is 1.15. The number of carbonyl (C=O) groups is 1. The minimum absolute atomic E-state index is 0.0369. The fourth-order valence-electron chi connectivity index (χ4n) is 3.04. The summed E-state index contributed by atoms with van der Waals surface area (Å²) in [4.78, 5) is 18.9. The highest BCUT2D eigenvalue weighted by Crippen LogP contribution is 2.22. The highest BCUT2D eigenvalue weighted by molar-refractivity contribution is 7.19. The number of hydrogen-bond donors (Lipinski definition) is 1. The molecule has 0 saturated carbocycles. The van der Waals surface area contributed by atoms with Gasteiger partial charge in [-0.2, -0.15) is 0 Å². The summed E-state index contributed by atoms with van der Waals surface area (Å²) in [5.41, 5.74) is 0.986. The number of nitrogens with zero attached hydrogens (tertiary/aromatic N) is 2. The first kappa shape index (κ1) is 17.1. The Kier molecular flexibility index (Phi) is 6.38. The Balaban J connectivity index is 1.38. The third kappa shape index (κ3) is 5.14. The van der Waals surface area contributed by atoms with Crippen molar-refractivity contribution >= 4 is 33.5 Å². The van der Waals surface area contributed by atoms with Crippen LogP contribution in [0.3, 0.4) is 0 Å². The number of fused-ring (bicyclic) bond motifs is 1. The number of nitrogens with one attached hydrogen (secondary N) is 1. The van der Waals surface area contributed by atoms with Crippen molar-refractivity contribution in [3.63, 3.8) is 0 Å². The van der Waals surface area contributed by atoms with Gasteiger partial charge in [0, 0.05) is 12.6 Å². The van der Waals surface area contributed by atoms with Crippen molar-refractivity contribution in [1.29, 1.82) is 0 Å². The van der Waals surface area contributed by atoms with Crippen LogP contribution in [0.5, 0.6) is 0 Å². The first-order valence-corrected chi connectivity index (χ1v) is 9.67. The molecule has 1 fully saturated rings. The highest BCUT2D eigenvalue weighted by atomic mass is 32.1. The van der Waals surface area contributed by atoms with Gasteiger partial charge in [0.2, 0.25) is 5.91 Å². The molecule has 0 unspecified atom stereocenters. The van der Waals surface area contributed by atoms with E-state index in [1.807, 2.05) is 24.3 Å². The Morgan fingerprint density at radius 1 is 1.21 bits per heavy atom. The van der Waals surface area contributed by atoms with Crippen LogP contribution >= 0.6 is 11.3 Å². The zero-order valence-corrected chi connectivity index (χ0v) is 14.9. The Labute approximate surface area is 147 Å². The number of rotatable bonds is 6. The van der Waals surface area contributed by atoms with E-state index in [0.29, 0.717) is 0 Å². The molecule has 1 aromatic carbocycles. The van der Waals surface area contributed by atoms with Crippen molar-refractivity contribution in [2.45, 2.75) is 32.1 Å². The molecule has 0 spiro atoms. The molecule has 24 heavy (non-hydrogen) atoms. The number of amides is 1. The second kappa shape index (κ2) is 8.94. The van der Waals surface area contributed by atoms with E-state index in [1.54, 1.807) is 23.5 Å². The van der Waals surface area contributed by atoms with Crippen LogP contribution in [0.25, 0.3) is 16.3 Å². The van der Waals surface area contributed by atoms with Gasteiger partial charge in [-0.05, 0) is 57.1 Å². The largest absolute Gasteiger partial charge is 0.353 e. The molecule has 0 bridgehead atoms. The molecule has 1 amide bonds. The number of para-hydroxylation sites is 1. The van der Waals surface area contributed by atoms with E-state index in [2.05, 4.69) is 15.2 Å². The predicted octanol–water partition coefficient (Wildman–Crippen LogP) is 3.69. The molecule has 5 heteroatoms. The number of aromatic nitrogens is 1. The van der Waals surface area contributed by atoms with Gasteiger partial charge in [0.1, 0.15) is 5.01 Å². The van der Waals surface area contributed by atoms with Gasteiger partial charge >= 0.3 is 0 Å². The van der Waals surface area contributed by atoms with E-state index >= 15 is 0 Å². The zero-order valence-electron chi connectivity index (χ0n) is 14.0. The Hall–Kier alpha value is -1.72. The Bertz CT molecular complexity index is 654. The maximum atomic E-state index is 11.9. The van der Waals surface area contributed by atoms with Crippen molar-refractivity contribution in [1.82, 2.24) is 15.2 Å². The monoisotopic (exact) mass is 343 g/mol. The van der Waals surface area contributed by atoms with Crippen molar-refractivity contribution in [2.75, 3.05) is 26.2 Å². The molecule has 2 aromatic rings. The molecule has 3 rings (SSSR count). The van der Waals surface area contributed by atoms with Crippen LogP contribution in [-0.2, 0) is 4.79 Å².